The van der Waals surface area contributed by atoms with E-state index in [4.69, 9.17) is 14.2 Å². The number of hydrogen-bond acceptors (Lipinski definition) is 6. The van der Waals surface area contributed by atoms with Gasteiger partial charge in [-0.1, -0.05) is 6.07 Å². The summed E-state index contributed by atoms with van der Waals surface area (Å²) in [4.78, 5) is 5.23. The van der Waals surface area contributed by atoms with Crippen molar-refractivity contribution in [3.8, 4) is 17.2 Å². The van der Waals surface area contributed by atoms with E-state index in [1.807, 2.05) is 42.5 Å². The van der Waals surface area contributed by atoms with Gasteiger partial charge in [0.05, 0.1) is 20.4 Å². The summed E-state index contributed by atoms with van der Waals surface area (Å²) in [5.41, 5.74) is 1.81. The van der Waals surface area contributed by atoms with Crippen LogP contribution in [0.3, 0.4) is 0 Å². The van der Waals surface area contributed by atoms with E-state index in [1.54, 1.807) is 20.4 Å². The van der Waals surface area contributed by atoms with Gasteiger partial charge in [0.15, 0.2) is 0 Å². The van der Waals surface area contributed by atoms with Crippen LogP contribution in [0.5, 0.6) is 17.2 Å². The van der Waals surface area contributed by atoms with E-state index in [1.165, 1.54) is 17.4 Å². The van der Waals surface area contributed by atoms with Gasteiger partial charge in [0.1, 0.15) is 36.5 Å². The zero-order valence-electron chi connectivity index (χ0n) is 14.0. The summed E-state index contributed by atoms with van der Waals surface area (Å²) < 4.78 is 16.5. The van der Waals surface area contributed by atoms with Crippen LogP contribution >= 0.6 is 0 Å². The Kier molecular flexibility index (Phi) is 5.26. The molecule has 0 saturated carbocycles. The molecule has 25 heavy (non-hydrogen) atoms. The molecule has 1 aromatic heterocycles. The van der Waals surface area contributed by atoms with Gasteiger partial charge < -0.3 is 14.2 Å². The summed E-state index contributed by atoms with van der Waals surface area (Å²) in [5, 5.41) is 8.12. The van der Waals surface area contributed by atoms with Crippen LogP contribution in [0.25, 0.3) is 0 Å². The van der Waals surface area contributed by atoms with Gasteiger partial charge in [-0.15, -0.1) is 9.89 Å². The molecular formula is C18H18N4O3. The summed E-state index contributed by atoms with van der Waals surface area (Å²) in [6.45, 7) is 0.362. The Bertz CT molecular complexity index is 847. The van der Waals surface area contributed by atoms with Crippen molar-refractivity contribution >= 4 is 6.21 Å². The highest BCUT2D eigenvalue weighted by atomic mass is 16.5. The second kappa shape index (κ2) is 7.96. The van der Waals surface area contributed by atoms with Gasteiger partial charge in [-0.3, -0.25) is 0 Å². The highest BCUT2D eigenvalue weighted by molar-refractivity contribution is 5.80. The summed E-state index contributed by atoms with van der Waals surface area (Å²) in [5.74, 6) is 2.22. The van der Waals surface area contributed by atoms with Crippen LogP contribution in [0.4, 0.5) is 0 Å². The molecule has 3 rings (SSSR count). The molecule has 0 aliphatic carbocycles. The lowest BCUT2D eigenvalue weighted by Crippen LogP contribution is -2.00. The summed E-state index contributed by atoms with van der Waals surface area (Å²) in [6.07, 6.45) is 4.65. The monoisotopic (exact) mass is 338 g/mol. The third kappa shape index (κ3) is 4.35. The first-order chi connectivity index (χ1) is 12.3. The van der Waals surface area contributed by atoms with Crippen LogP contribution in [-0.4, -0.2) is 35.3 Å². The van der Waals surface area contributed by atoms with E-state index in [2.05, 4.69) is 15.2 Å². The van der Waals surface area contributed by atoms with Crippen LogP contribution in [0, 0.1) is 0 Å². The van der Waals surface area contributed by atoms with Crippen molar-refractivity contribution in [1.29, 1.82) is 0 Å². The fraction of sp³-hybridized carbons (Fsp3) is 0.167. The predicted octanol–water partition coefficient (Wildman–Crippen LogP) is 2.76. The fourth-order valence-corrected chi connectivity index (χ4v) is 2.23. The van der Waals surface area contributed by atoms with Gasteiger partial charge in [0.25, 0.3) is 0 Å². The first-order valence-electron chi connectivity index (χ1n) is 7.61. The molecule has 0 spiro atoms. The molecular weight excluding hydrogens is 320 g/mol. The maximum atomic E-state index is 5.85. The average molecular weight is 338 g/mol. The summed E-state index contributed by atoms with van der Waals surface area (Å²) >= 11 is 0. The Morgan fingerprint density at radius 3 is 2.72 bits per heavy atom. The lowest BCUT2D eigenvalue weighted by molar-refractivity contribution is 0.294. The van der Waals surface area contributed by atoms with Gasteiger partial charge >= 0.3 is 0 Å². The molecule has 7 heteroatoms. The van der Waals surface area contributed by atoms with E-state index in [-0.39, 0.29) is 0 Å². The van der Waals surface area contributed by atoms with E-state index >= 15 is 0 Å². The van der Waals surface area contributed by atoms with Crippen LogP contribution in [0.1, 0.15) is 11.1 Å². The Hall–Kier alpha value is -3.35. The van der Waals surface area contributed by atoms with E-state index in [0.29, 0.717) is 6.61 Å². The number of ether oxygens (including phenoxy) is 3. The van der Waals surface area contributed by atoms with Crippen molar-refractivity contribution in [3.63, 3.8) is 0 Å². The highest BCUT2D eigenvalue weighted by Crippen LogP contribution is 2.24. The Morgan fingerprint density at radius 1 is 1.08 bits per heavy atom. The smallest absolute Gasteiger partial charge is 0.139 e. The molecule has 7 nitrogen and oxygen atoms in total. The van der Waals surface area contributed by atoms with Crippen molar-refractivity contribution in [2.75, 3.05) is 14.2 Å². The molecule has 0 unspecified atom stereocenters. The molecule has 0 fully saturated rings. The average Bonchev–Trinajstić information content (AvgIpc) is 3.18. The number of benzene rings is 2. The molecule has 2 aromatic carbocycles. The lowest BCUT2D eigenvalue weighted by Gasteiger charge is -2.11. The van der Waals surface area contributed by atoms with Crippen molar-refractivity contribution in [2.45, 2.75) is 6.61 Å². The van der Waals surface area contributed by atoms with E-state index < -0.39 is 0 Å². The molecule has 0 N–H and O–H groups in total. The minimum atomic E-state index is 0.362. The highest BCUT2D eigenvalue weighted by Gasteiger charge is 2.06. The van der Waals surface area contributed by atoms with Gasteiger partial charge in [-0.25, -0.2) is 4.98 Å². The Balaban J connectivity index is 1.75. The standard InChI is InChI=1S/C18H18N4O3/c1-23-16-4-3-5-17(9-16)25-11-15-8-14(6-7-18(15)24-2)10-20-22-13-19-12-21-22/h3-10,12-13H,11H2,1-2H3. The van der Waals surface area contributed by atoms with Crippen molar-refractivity contribution < 1.29 is 14.2 Å². The van der Waals surface area contributed by atoms with Gasteiger partial charge in [-0.05, 0) is 35.9 Å². The number of hydrogen-bond donors (Lipinski definition) is 0. The van der Waals surface area contributed by atoms with Crippen molar-refractivity contribution in [1.82, 2.24) is 14.9 Å². The van der Waals surface area contributed by atoms with Crippen LogP contribution in [-0.2, 0) is 6.61 Å². The first kappa shape index (κ1) is 16.5. The summed E-state index contributed by atoms with van der Waals surface area (Å²) in [6, 6.07) is 13.2. The zero-order valence-corrected chi connectivity index (χ0v) is 14.0. The number of aromatic nitrogens is 3. The van der Waals surface area contributed by atoms with Crippen LogP contribution in [0.15, 0.2) is 60.2 Å². The Morgan fingerprint density at radius 2 is 1.96 bits per heavy atom. The summed E-state index contributed by atoms with van der Waals surface area (Å²) in [7, 11) is 3.26. The molecule has 0 amide bonds. The maximum Gasteiger partial charge on any atom is 0.139 e. The number of nitrogens with zero attached hydrogens (tertiary/aromatic N) is 4. The molecule has 0 aliphatic heterocycles. The zero-order chi connectivity index (χ0) is 17.5. The topological polar surface area (TPSA) is 70.8 Å². The number of rotatable bonds is 7. The van der Waals surface area contributed by atoms with Gasteiger partial charge in [0.2, 0.25) is 0 Å². The minimum absolute atomic E-state index is 0.362. The van der Waals surface area contributed by atoms with Crippen molar-refractivity contribution in [3.05, 3.63) is 66.2 Å². The molecule has 0 aliphatic rings. The first-order valence-corrected chi connectivity index (χ1v) is 7.61. The second-order valence-electron chi connectivity index (χ2n) is 5.10. The maximum absolute atomic E-state index is 5.85. The SMILES string of the molecule is COc1cccc(OCc2cc(C=Nn3cncn3)ccc2OC)c1. The van der Waals surface area contributed by atoms with Crippen LogP contribution < -0.4 is 14.2 Å². The van der Waals surface area contributed by atoms with E-state index in [0.717, 1.165) is 28.4 Å². The lowest BCUT2D eigenvalue weighted by atomic mass is 10.1. The molecule has 3 aromatic rings. The normalized spacial score (nSPS) is 10.8. The second-order valence-corrected chi connectivity index (χ2v) is 5.10. The molecule has 0 bridgehead atoms. The molecule has 0 radical (unpaired) electrons. The predicted molar refractivity (Wildman–Crippen MR) is 93.3 cm³/mol. The fourth-order valence-electron chi connectivity index (χ4n) is 2.23. The van der Waals surface area contributed by atoms with Crippen LogP contribution in [0.2, 0.25) is 0 Å². The largest absolute Gasteiger partial charge is 0.497 e. The Labute approximate surface area is 145 Å². The van der Waals surface area contributed by atoms with E-state index in [9.17, 15) is 0 Å². The minimum Gasteiger partial charge on any atom is -0.497 e. The third-order valence-electron chi connectivity index (χ3n) is 3.47. The molecule has 0 atom stereocenters. The molecule has 0 saturated heterocycles. The van der Waals surface area contributed by atoms with Crippen molar-refractivity contribution in [2.24, 2.45) is 5.10 Å². The van der Waals surface area contributed by atoms with Gasteiger partial charge in [0, 0.05) is 11.6 Å². The van der Waals surface area contributed by atoms with Gasteiger partial charge in [-0.2, -0.15) is 5.10 Å². The molecule has 1 heterocycles. The molecule has 128 valence electrons. The quantitative estimate of drug-likeness (QED) is 0.620. The number of methoxy groups -OCH3 is 2. The third-order valence-corrected chi connectivity index (χ3v) is 3.47.